The molecule has 1 heterocycles. The summed E-state index contributed by atoms with van der Waals surface area (Å²) in [5.74, 6) is -0.799. The van der Waals surface area contributed by atoms with E-state index in [0.717, 1.165) is 5.56 Å². The largest absolute Gasteiger partial charge is 0.405 e. The minimum atomic E-state index is -4.40. The Morgan fingerprint density at radius 2 is 1.72 bits per heavy atom. The van der Waals surface area contributed by atoms with Gasteiger partial charge in [0.2, 0.25) is 11.8 Å². The van der Waals surface area contributed by atoms with E-state index in [4.69, 9.17) is 0 Å². The van der Waals surface area contributed by atoms with Gasteiger partial charge in [-0.15, -0.1) is 0 Å². The molecule has 0 radical (unpaired) electrons. The number of carbonyl (C=O) groups excluding carboxylic acids is 2. The second kappa shape index (κ2) is 8.84. The van der Waals surface area contributed by atoms with Gasteiger partial charge in [0.25, 0.3) is 0 Å². The van der Waals surface area contributed by atoms with Gasteiger partial charge in [0.15, 0.2) is 0 Å². The van der Waals surface area contributed by atoms with E-state index in [1.165, 1.54) is 0 Å². The molecule has 1 aromatic rings. The van der Waals surface area contributed by atoms with Crippen molar-refractivity contribution in [2.75, 3.05) is 26.2 Å². The molecule has 1 aliphatic rings. The van der Waals surface area contributed by atoms with E-state index < -0.39 is 18.6 Å². The first-order valence-corrected chi connectivity index (χ1v) is 8.21. The van der Waals surface area contributed by atoms with Crippen LogP contribution in [0.5, 0.6) is 0 Å². The lowest BCUT2D eigenvalue weighted by molar-refractivity contribution is -0.139. The summed E-state index contributed by atoms with van der Waals surface area (Å²) in [6, 6.07) is 9.59. The Hall–Kier alpha value is -2.09. The highest BCUT2D eigenvalue weighted by molar-refractivity contribution is 5.79. The molecule has 1 fully saturated rings. The fourth-order valence-corrected chi connectivity index (χ4v) is 2.74. The molecule has 0 unspecified atom stereocenters. The third-order valence-corrected chi connectivity index (χ3v) is 4.12. The molecule has 1 saturated heterocycles. The molecule has 0 spiro atoms. The molecule has 1 aliphatic heterocycles. The number of likely N-dealkylation sites (tertiary alicyclic amines) is 1. The lowest BCUT2D eigenvalue weighted by Crippen LogP contribution is -2.45. The Kier molecular flexibility index (Phi) is 6.81. The van der Waals surface area contributed by atoms with Crippen LogP contribution < -0.4 is 10.6 Å². The topological polar surface area (TPSA) is 61.4 Å². The van der Waals surface area contributed by atoms with Crippen LogP contribution in [0.25, 0.3) is 0 Å². The van der Waals surface area contributed by atoms with Crippen molar-refractivity contribution in [2.24, 2.45) is 5.92 Å². The molecule has 0 aromatic heterocycles. The van der Waals surface area contributed by atoms with Gasteiger partial charge >= 0.3 is 6.18 Å². The first kappa shape index (κ1) is 19.2. The molecule has 0 saturated carbocycles. The molecule has 8 heteroatoms. The molecule has 5 nitrogen and oxygen atoms in total. The van der Waals surface area contributed by atoms with Gasteiger partial charge < -0.3 is 10.6 Å². The highest BCUT2D eigenvalue weighted by Crippen LogP contribution is 2.17. The molecule has 2 amide bonds. The number of benzene rings is 1. The number of piperidine rings is 1. The standard InChI is InChI=1S/C17H22F3N3O2/c18-17(19,20)12-22-15(24)11-23-8-6-14(7-9-23)16(25)21-10-13-4-2-1-3-5-13/h1-5,14H,6-12H2,(H,21,25)(H,22,24). The number of nitrogens with zero attached hydrogens (tertiary/aromatic N) is 1. The van der Waals surface area contributed by atoms with Crippen LogP contribution in [0.2, 0.25) is 0 Å². The maximum absolute atomic E-state index is 12.2. The minimum Gasteiger partial charge on any atom is -0.352 e. The summed E-state index contributed by atoms with van der Waals surface area (Å²) >= 11 is 0. The van der Waals surface area contributed by atoms with Crippen LogP contribution in [0.3, 0.4) is 0 Å². The van der Waals surface area contributed by atoms with Gasteiger partial charge in [0.1, 0.15) is 6.54 Å². The second-order valence-electron chi connectivity index (χ2n) is 6.15. The van der Waals surface area contributed by atoms with Gasteiger partial charge in [-0.3, -0.25) is 14.5 Å². The number of hydrogen-bond acceptors (Lipinski definition) is 3. The van der Waals surface area contributed by atoms with Crippen LogP contribution in [0.1, 0.15) is 18.4 Å². The molecule has 2 N–H and O–H groups in total. The zero-order chi connectivity index (χ0) is 18.3. The average molecular weight is 357 g/mol. The minimum absolute atomic E-state index is 0.0231. The molecule has 0 atom stereocenters. The number of alkyl halides is 3. The van der Waals surface area contributed by atoms with E-state index in [1.807, 2.05) is 35.6 Å². The summed E-state index contributed by atoms with van der Waals surface area (Å²) in [4.78, 5) is 25.5. The average Bonchev–Trinajstić information content (AvgIpc) is 2.59. The van der Waals surface area contributed by atoms with Crippen LogP contribution in [0.4, 0.5) is 13.2 Å². The van der Waals surface area contributed by atoms with E-state index in [1.54, 1.807) is 4.90 Å². The van der Waals surface area contributed by atoms with Crippen molar-refractivity contribution in [3.63, 3.8) is 0 Å². The van der Waals surface area contributed by atoms with Crippen LogP contribution in [0.15, 0.2) is 30.3 Å². The van der Waals surface area contributed by atoms with Crippen molar-refractivity contribution in [2.45, 2.75) is 25.6 Å². The molecular weight excluding hydrogens is 335 g/mol. The second-order valence-corrected chi connectivity index (χ2v) is 6.15. The maximum atomic E-state index is 12.2. The molecule has 138 valence electrons. The van der Waals surface area contributed by atoms with Crippen molar-refractivity contribution in [1.29, 1.82) is 0 Å². The zero-order valence-electron chi connectivity index (χ0n) is 13.8. The zero-order valence-corrected chi connectivity index (χ0v) is 13.8. The SMILES string of the molecule is O=C(CN1CCC(C(=O)NCc2ccccc2)CC1)NCC(F)(F)F. The van der Waals surface area contributed by atoms with E-state index in [9.17, 15) is 22.8 Å². The predicted octanol–water partition coefficient (Wildman–Crippen LogP) is 1.69. The van der Waals surface area contributed by atoms with Gasteiger partial charge in [-0.1, -0.05) is 30.3 Å². The lowest BCUT2D eigenvalue weighted by Gasteiger charge is -2.30. The third kappa shape index (κ3) is 7.13. The Morgan fingerprint density at radius 1 is 1.08 bits per heavy atom. The molecule has 0 bridgehead atoms. The van der Waals surface area contributed by atoms with E-state index in [-0.39, 0.29) is 18.4 Å². The van der Waals surface area contributed by atoms with Crippen LogP contribution in [-0.2, 0) is 16.1 Å². The fourth-order valence-electron chi connectivity index (χ4n) is 2.74. The number of halogens is 3. The van der Waals surface area contributed by atoms with E-state index in [2.05, 4.69) is 5.32 Å². The van der Waals surface area contributed by atoms with Crippen molar-refractivity contribution in [3.05, 3.63) is 35.9 Å². The smallest absolute Gasteiger partial charge is 0.352 e. The third-order valence-electron chi connectivity index (χ3n) is 4.12. The number of amides is 2. The monoisotopic (exact) mass is 357 g/mol. The maximum Gasteiger partial charge on any atom is 0.405 e. The van der Waals surface area contributed by atoms with Gasteiger partial charge in [-0.25, -0.2) is 0 Å². The summed E-state index contributed by atoms with van der Waals surface area (Å²) in [6.07, 6.45) is -3.22. The molecule has 0 aliphatic carbocycles. The quantitative estimate of drug-likeness (QED) is 0.815. The molecule has 25 heavy (non-hydrogen) atoms. The van der Waals surface area contributed by atoms with Crippen LogP contribution in [-0.4, -0.2) is 49.1 Å². The number of hydrogen-bond donors (Lipinski definition) is 2. The highest BCUT2D eigenvalue weighted by Gasteiger charge is 2.29. The van der Waals surface area contributed by atoms with E-state index in [0.29, 0.717) is 32.5 Å². The van der Waals surface area contributed by atoms with Gasteiger partial charge in [-0.2, -0.15) is 13.2 Å². The van der Waals surface area contributed by atoms with Crippen LogP contribution in [0, 0.1) is 5.92 Å². The summed E-state index contributed by atoms with van der Waals surface area (Å²) in [6.45, 7) is 0.115. The van der Waals surface area contributed by atoms with E-state index >= 15 is 0 Å². The van der Waals surface area contributed by atoms with Gasteiger partial charge in [0.05, 0.1) is 6.54 Å². The fraction of sp³-hybridized carbons (Fsp3) is 0.529. The first-order chi connectivity index (χ1) is 11.8. The summed E-state index contributed by atoms with van der Waals surface area (Å²) < 4.78 is 36.2. The van der Waals surface area contributed by atoms with Crippen LogP contribution >= 0.6 is 0 Å². The molecular formula is C17H22F3N3O2. The number of nitrogens with one attached hydrogen (secondary N) is 2. The molecule has 1 aromatic carbocycles. The Labute approximate surface area is 144 Å². The summed E-state index contributed by atoms with van der Waals surface area (Å²) in [5, 5.41) is 4.76. The normalized spacial score (nSPS) is 16.4. The number of carbonyl (C=O) groups is 2. The number of rotatable bonds is 6. The summed E-state index contributed by atoms with van der Waals surface area (Å²) in [5.41, 5.74) is 1.02. The highest BCUT2D eigenvalue weighted by atomic mass is 19.4. The first-order valence-electron chi connectivity index (χ1n) is 8.21. The lowest BCUT2D eigenvalue weighted by atomic mass is 9.96. The van der Waals surface area contributed by atoms with Crippen molar-refractivity contribution in [1.82, 2.24) is 15.5 Å². The van der Waals surface area contributed by atoms with Gasteiger partial charge in [0, 0.05) is 12.5 Å². The summed E-state index contributed by atoms with van der Waals surface area (Å²) in [7, 11) is 0. The Balaban J connectivity index is 1.67. The van der Waals surface area contributed by atoms with Crippen molar-refractivity contribution < 1.29 is 22.8 Å². The molecule has 2 rings (SSSR count). The Bertz CT molecular complexity index is 570. The predicted molar refractivity (Wildman–Crippen MR) is 86.5 cm³/mol. The van der Waals surface area contributed by atoms with Crippen molar-refractivity contribution >= 4 is 11.8 Å². The van der Waals surface area contributed by atoms with Crippen molar-refractivity contribution in [3.8, 4) is 0 Å². The van der Waals surface area contributed by atoms with Gasteiger partial charge in [-0.05, 0) is 31.5 Å². The Morgan fingerprint density at radius 3 is 2.32 bits per heavy atom.